The van der Waals surface area contributed by atoms with Crippen LogP contribution in [0.3, 0.4) is 0 Å². The van der Waals surface area contributed by atoms with Crippen LogP contribution in [-0.2, 0) is 4.74 Å². The van der Waals surface area contributed by atoms with Gasteiger partial charge < -0.3 is 9.84 Å². The largest absolute Gasteiger partial charge is 0.507 e. The van der Waals surface area contributed by atoms with Crippen LogP contribution in [0.4, 0.5) is 0 Å². The molecule has 0 heterocycles. The van der Waals surface area contributed by atoms with Gasteiger partial charge in [-0.1, -0.05) is 30.8 Å². The molecule has 0 amide bonds. The molecule has 1 aromatic rings. The molecule has 0 spiro atoms. The molecule has 0 radical (unpaired) electrons. The fraction of sp³-hybridized carbons (Fsp3) is 0.400. The minimum Gasteiger partial charge on any atom is -0.507 e. The lowest BCUT2D eigenvalue weighted by Crippen LogP contribution is -2.02. The SMILES string of the molecule is CCC(OC)Sc1ccccc1O. The zero-order valence-electron chi connectivity index (χ0n) is 7.86. The van der Waals surface area contributed by atoms with Crippen molar-refractivity contribution in [3.8, 4) is 5.75 Å². The second kappa shape index (κ2) is 5.14. The van der Waals surface area contributed by atoms with Gasteiger partial charge in [0.25, 0.3) is 0 Å². The first kappa shape index (κ1) is 10.4. The van der Waals surface area contributed by atoms with E-state index >= 15 is 0 Å². The molecule has 1 aromatic carbocycles. The van der Waals surface area contributed by atoms with E-state index in [1.165, 1.54) is 0 Å². The van der Waals surface area contributed by atoms with E-state index in [4.69, 9.17) is 4.74 Å². The van der Waals surface area contributed by atoms with Crippen molar-refractivity contribution in [2.75, 3.05) is 7.11 Å². The summed E-state index contributed by atoms with van der Waals surface area (Å²) in [5, 5.41) is 9.47. The van der Waals surface area contributed by atoms with Gasteiger partial charge in [0, 0.05) is 7.11 Å². The van der Waals surface area contributed by atoms with Crippen molar-refractivity contribution < 1.29 is 9.84 Å². The molecule has 0 aliphatic rings. The molecular formula is C10H14O2S. The van der Waals surface area contributed by atoms with Gasteiger partial charge in [-0.25, -0.2) is 0 Å². The van der Waals surface area contributed by atoms with Gasteiger partial charge in [0.1, 0.15) is 11.2 Å². The third-order valence-electron chi connectivity index (χ3n) is 1.72. The van der Waals surface area contributed by atoms with Gasteiger partial charge in [0.2, 0.25) is 0 Å². The predicted octanol–water partition coefficient (Wildman–Crippen LogP) is 2.87. The minimum atomic E-state index is 0.119. The second-order valence-corrected chi connectivity index (χ2v) is 3.86. The fourth-order valence-corrected chi connectivity index (χ4v) is 1.89. The van der Waals surface area contributed by atoms with E-state index in [9.17, 15) is 5.11 Å². The van der Waals surface area contributed by atoms with E-state index in [1.807, 2.05) is 18.2 Å². The molecule has 0 saturated heterocycles. The number of hydrogen-bond donors (Lipinski definition) is 1. The maximum atomic E-state index is 9.47. The molecule has 1 atom stereocenters. The first-order chi connectivity index (χ1) is 6.27. The molecule has 72 valence electrons. The first-order valence-electron chi connectivity index (χ1n) is 4.25. The number of phenolic OH excluding ortho intramolecular Hbond substituents is 1. The van der Waals surface area contributed by atoms with Crippen LogP contribution in [0.1, 0.15) is 13.3 Å². The Kier molecular flexibility index (Phi) is 4.12. The Hall–Kier alpha value is -0.670. The lowest BCUT2D eigenvalue weighted by atomic mass is 10.3. The van der Waals surface area contributed by atoms with E-state index in [-0.39, 0.29) is 5.44 Å². The number of aromatic hydroxyl groups is 1. The van der Waals surface area contributed by atoms with Crippen LogP contribution in [0.5, 0.6) is 5.75 Å². The minimum absolute atomic E-state index is 0.119. The number of para-hydroxylation sites is 1. The molecule has 13 heavy (non-hydrogen) atoms. The van der Waals surface area contributed by atoms with Gasteiger partial charge in [0.05, 0.1) is 4.90 Å². The second-order valence-electron chi connectivity index (χ2n) is 2.66. The Morgan fingerprint density at radius 3 is 2.69 bits per heavy atom. The topological polar surface area (TPSA) is 29.5 Å². The van der Waals surface area contributed by atoms with Crippen LogP contribution in [0, 0.1) is 0 Å². The van der Waals surface area contributed by atoms with E-state index in [0.717, 1.165) is 11.3 Å². The van der Waals surface area contributed by atoms with Gasteiger partial charge in [-0.15, -0.1) is 0 Å². The number of ether oxygens (including phenoxy) is 1. The summed E-state index contributed by atoms with van der Waals surface area (Å²) in [7, 11) is 1.68. The van der Waals surface area contributed by atoms with Crippen molar-refractivity contribution in [2.24, 2.45) is 0 Å². The van der Waals surface area contributed by atoms with Crippen molar-refractivity contribution in [1.82, 2.24) is 0 Å². The van der Waals surface area contributed by atoms with Crippen molar-refractivity contribution in [3.05, 3.63) is 24.3 Å². The maximum Gasteiger partial charge on any atom is 0.129 e. The third kappa shape index (κ3) is 2.94. The smallest absolute Gasteiger partial charge is 0.129 e. The Labute approximate surface area is 82.9 Å². The van der Waals surface area contributed by atoms with Gasteiger partial charge in [-0.05, 0) is 18.6 Å². The van der Waals surface area contributed by atoms with Crippen LogP contribution < -0.4 is 0 Å². The number of hydrogen-bond acceptors (Lipinski definition) is 3. The first-order valence-corrected chi connectivity index (χ1v) is 5.13. The highest BCUT2D eigenvalue weighted by Crippen LogP contribution is 2.32. The molecule has 0 aliphatic carbocycles. The van der Waals surface area contributed by atoms with Gasteiger partial charge in [0.15, 0.2) is 0 Å². The molecular weight excluding hydrogens is 184 g/mol. The zero-order chi connectivity index (χ0) is 9.68. The predicted molar refractivity (Wildman–Crippen MR) is 55.1 cm³/mol. The average Bonchev–Trinajstić information content (AvgIpc) is 2.17. The van der Waals surface area contributed by atoms with Crippen LogP contribution in [0.2, 0.25) is 0 Å². The molecule has 0 saturated carbocycles. The van der Waals surface area contributed by atoms with Gasteiger partial charge in [-0.2, -0.15) is 0 Å². The van der Waals surface area contributed by atoms with Crippen molar-refractivity contribution in [1.29, 1.82) is 0 Å². The van der Waals surface area contributed by atoms with E-state index in [0.29, 0.717) is 5.75 Å². The highest BCUT2D eigenvalue weighted by atomic mass is 32.2. The molecule has 0 aromatic heterocycles. The number of phenols is 1. The standard InChI is InChI=1S/C10H14O2S/c1-3-10(12-2)13-9-7-5-4-6-8(9)11/h4-7,10-11H,3H2,1-2H3. The maximum absolute atomic E-state index is 9.47. The average molecular weight is 198 g/mol. The van der Waals surface area contributed by atoms with Crippen molar-refractivity contribution in [3.63, 3.8) is 0 Å². The van der Waals surface area contributed by atoms with Crippen LogP contribution in [0.15, 0.2) is 29.2 Å². The van der Waals surface area contributed by atoms with Crippen LogP contribution >= 0.6 is 11.8 Å². The monoisotopic (exact) mass is 198 g/mol. The molecule has 0 fully saturated rings. The van der Waals surface area contributed by atoms with Crippen LogP contribution in [-0.4, -0.2) is 17.7 Å². The summed E-state index contributed by atoms with van der Waals surface area (Å²) in [6, 6.07) is 7.30. The Morgan fingerprint density at radius 2 is 2.15 bits per heavy atom. The molecule has 1 unspecified atom stereocenters. The normalized spacial score (nSPS) is 12.8. The number of thioether (sulfide) groups is 1. The molecule has 1 N–H and O–H groups in total. The van der Waals surface area contributed by atoms with Crippen LogP contribution in [0.25, 0.3) is 0 Å². The summed E-state index contributed by atoms with van der Waals surface area (Å²) in [4.78, 5) is 0.871. The molecule has 1 rings (SSSR count). The van der Waals surface area contributed by atoms with E-state index in [2.05, 4.69) is 6.92 Å². The van der Waals surface area contributed by atoms with Crippen molar-refractivity contribution in [2.45, 2.75) is 23.7 Å². The number of benzene rings is 1. The molecule has 2 nitrogen and oxygen atoms in total. The highest BCUT2D eigenvalue weighted by Gasteiger charge is 2.08. The molecule has 3 heteroatoms. The summed E-state index contributed by atoms with van der Waals surface area (Å²) < 4.78 is 5.21. The lowest BCUT2D eigenvalue weighted by Gasteiger charge is -2.12. The molecule has 0 bridgehead atoms. The Bertz CT molecular complexity index is 259. The summed E-state index contributed by atoms with van der Waals surface area (Å²) in [5.41, 5.74) is 0.119. The number of rotatable bonds is 4. The number of methoxy groups -OCH3 is 1. The lowest BCUT2D eigenvalue weighted by molar-refractivity contribution is 0.170. The highest BCUT2D eigenvalue weighted by molar-refractivity contribution is 7.99. The molecule has 0 aliphatic heterocycles. The Morgan fingerprint density at radius 1 is 1.46 bits per heavy atom. The quantitative estimate of drug-likeness (QED) is 0.596. The summed E-state index contributed by atoms with van der Waals surface area (Å²) in [5.74, 6) is 0.322. The van der Waals surface area contributed by atoms with Crippen molar-refractivity contribution >= 4 is 11.8 Å². The van der Waals surface area contributed by atoms with E-state index in [1.54, 1.807) is 24.9 Å². The van der Waals surface area contributed by atoms with Gasteiger partial charge in [-0.3, -0.25) is 0 Å². The van der Waals surface area contributed by atoms with Gasteiger partial charge >= 0.3 is 0 Å². The van der Waals surface area contributed by atoms with E-state index < -0.39 is 0 Å². The third-order valence-corrected chi connectivity index (χ3v) is 3.11. The Balaban J connectivity index is 2.67. The summed E-state index contributed by atoms with van der Waals surface area (Å²) in [6.45, 7) is 2.06. The summed E-state index contributed by atoms with van der Waals surface area (Å²) in [6.07, 6.45) is 0.926. The zero-order valence-corrected chi connectivity index (χ0v) is 8.67. The summed E-state index contributed by atoms with van der Waals surface area (Å²) >= 11 is 1.54. The fourth-order valence-electron chi connectivity index (χ4n) is 0.997.